The molecule has 0 radical (unpaired) electrons. The maximum absolute atomic E-state index is 4.95. The summed E-state index contributed by atoms with van der Waals surface area (Å²) < 4.78 is 4.95. The number of unbranched alkanes of at least 4 members (excludes halogenated alkanes) is 2. The van der Waals surface area contributed by atoms with Gasteiger partial charge < -0.3 is 4.74 Å². The molecule has 0 aromatic rings. The zero-order chi connectivity index (χ0) is 9.94. The molecule has 0 fully saturated rings. The van der Waals surface area contributed by atoms with E-state index < -0.39 is 0 Å². The van der Waals surface area contributed by atoms with Crippen LogP contribution in [0.15, 0.2) is 12.3 Å². The Morgan fingerprint density at radius 2 is 1.62 bits per heavy atom. The third-order valence-electron chi connectivity index (χ3n) is 2.34. The van der Waals surface area contributed by atoms with Crippen LogP contribution in [0.4, 0.5) is 0 Å². The van der Waals surface area contributed by atoms with Gasteiger partial charge in [0, 0.05) is 0 Å². The van der Waals surface area contributed by atoms with Crippen molar-refractivity contribution in [3.8, 4) is 0 Å². The van der Waals surface area contributed by atoms with Crippen LogP contribution in [0.25, 0.3) is 0 Å². The molecular formula is C12H24O. The van der Waals surface area contributed by atoms with Gasteiger partial charge in [-0.15, -0.1) is 0 Å². The highest BCUT2D eigenvalue weighted by Crippen LogP contribution is 2.17. The average Bonchev–Trinajstić information content (AvgIpc) is 2.17. The van der Waals surface area contributed by atoms with Gasteiger partial charge in [-0.2, -0.15) is 0 Å². The van der Waals surface area contributed by atoms with E-state index in [4.69, 9.17) is 4.74 Å². The van der Waals surface area contributed by atoms with Crippen molar-refractivity contribution >= 4 is 0 Å². The van der Waals surface area contributed by atoms with Gasteiger partial charge in [0.05, 0.1) is 13.4 Å². The van der Waals surface area contributed by atoms with Crippen LogP contribution in [0.2, 0.25) is 0 Å². The number of hydrogen-bond acceptors (Lipinski definition) is 1. The Morgan fingerprint density at radius 3 is 2.00 bits per heavy atom. The number of hydrogen-bond donors (Lipinski definition) is 0. The molecule has 0 saturated heterocycles. The number of methoxy groups -OCH3 is 1. The van der Waals surface area contributed by atoms with Gasteiger partial charge in [-0.05, 0) is 24.8 Å². The first-order chi connectivity index (χ1) is 6.35. The summed E-state index contributed by atoms with van der Waals surface area (Å²) >= 11 is 0. The molecule has 0 saturated carbocycles. The normalized spacial score (nSPS) is 11.4. The predicted molar refractivity (Wildman–Crippen MR) is 58.7 cm³/mol. The summed E-state index contributed by atoms with van der Waals surface area (Å²) in [6.07, 6.45) is 11.9. The fourth-order valence-electron chi connectivity index (χ4n) is 1.46. The van der Waals surface area contributed by atoms with E-state index in [2.05, 4.69) is 19.9 Å². The lowest BCUT2D eigenvalue weighted by molar-refractivity contribution is 0.331. The van der Waals surface area contributed by atoms with Crippen LogP contribution >= 0.6 is 0 Å². The Morgan fingerprint density at radius 1 is 1.08 bits per heavy atom. The first-order valence-electron chi connectivity index (χ1n) is 5.54. The molecule has 1 heteroatoms. The minimum Gasteiger partial charge on any atom is -0.505 e. The second-order valence-corrected chi connectivity index (χ2v) is 3.61. The van der Waals surface area contributed by atoms with Gasteiger partial charge in [0.2, 0.25) is 0 Å². The highest BCUT2D eigenvalue weighted by Gasteiger charge is 2.02. The lowest BCUT2D eigenvalue weighted by atomic mass is 9.96. The summed E-state index contributed by atoms with van der Waals surface area (Å²) in [6.45, 7) is 4.49. The van der Waals surface area contributed by atoms with Gasteiger partial charge in [-0.1, -0.05) is 39.5 Å². The number of allylic oxidation sites excluding steroid dienone is 1. The molecular weight excluding hydrogens is 160 g/mol. The first-order valence-corrected chi connectivity index (χ1v) is 5.54. The standard InChI is InChI=1S/C12H24O/c1-4-6-8-12(9-7-5-2)10-11-13-3/h10-12H,4-9H2,1-3H3/b11-10+. The summed E-state index contributed by atoms with van der Waals surface area (Å²) in [5, 5.41) is 0. The van der Waals surface area contributed by atoms with Crippen LogP contribution < -0.4 is 0 Å². The van der Waals surface area contributed by atoms with Crippen molar-refractivity contribution < 1.29 is 4.74 Å². The predicted octanol–water partition coefficient (Wildman–Crippen LogP) is 4.14. The lowest BCUT2D eigenvalue weighted by Gasteiger charge is -2.10. The van der Waals surface area contributed by atoms with Gasteiger partial charge in [-0.3, -0.25) is 0 Å². The van der Waals surface area contributed by atoms with E-state index in [0.29, 0.717) is 0 Å². The molecule has 78 valence electrons. The van der Waals surface area contributed by atoms with Crippen LogP contribution in [0, 0.1) is 5.92 Å². The molecule has 0 aliphatic rings. The van der Waals surface area contributed by atoms with Crippen molar-refractivity contribution in [1.29, 1.82) is 0 Å². The molecule has 1 nitrogen and oxygen atoms in total. The SMILES string of the molecule is CCCCC(/C=C/OC)CCCC. The van der Waals surface area contributed by atoms with E-state index in [1.54, 1.807) is 7.11 Å². The second kappa shape index (κ2) is 9.63. The molecule has 13 heavy (non-hydrogen) atoms. The minimum atomic E-state index is 0.736. The fraction of sp³-hybridized carbons (Fsp3) is 0.833. The summed E-state index contributed by atoms with van der Waals surface area (Å²) in [5.74, 6) is 0.736. The summed E-state index contributed by atoms with van der Waals surface area (Å²) in [7, 11) is 1.72. The van der Waals surface area contributed by atoms with Crippen LogP contribution in [0.1, 0.15) is 52.4 Å². The van der Waals surface area contributed by atoms with E-state index in [9.17, 15) is 0 Å². The molecule has 0 aliphatic carbocycles. The van der Waals surface area contributed by atoms with E-state index in [0.717, 1.165) is 5.92 Å². The second-order valence-electron chi connectivity index (χ2n) is 3.61. The molecule has 0 N–H and O–H groups in total. The maximum Gasteiger partial charge on any atom is 0.0787 e. The Hall–Kier alpha value is -0.460. The molecule has 0 aromatic heterocycles. The Labute approximate surface area is 83.2 Å². The summed E-state index contributed by atoms with van der Waals surface area (Å²) in [5.41, 5.74) is 0. The van der Waals surface area contributed by atoms with Crippen LogP contribution in [-0.4, -0.2) is 7.11 Å². The molecule has 0 spiro atoms. The molecule has 0 heterocycles. The monoisotopic (exact) mass is 184 g/mol. The van der Waals surface area contributed by atoms with Crippen molar-refractivity contribution in [2.75, 3.05) is 7.11 Å². The summed E-state index contributed by atoms with van der Waals surface area (Å²) in [4.78, 5) is 0. The Kier molecular flexibility index (Phi) is 9.29. The van der Waals surface area contributed by atoms with Crippen molar-refractivity contribution in [3.05, 3.63) is 12.3 Å². The summed E-state index contributed by atoms with van der Waals surface area (Å²) in [6, 6.07) is 0. The average molecular weight is 184 g/mol. The van der Waals surface area contributed by atoms with Gasteiger partial charge >= 0.3 is 0 Å². The van der Waals surface area contributed by atoms with E-state index in [1.807, 2.05) is 6.26 Å². The van der Waals surface area contributed by atoms with Crippen LogP contribution in [0.3, 0.4) is 0 Å². The molecule has 0 rings (SSSR count). The topological polar surface area (TPSA) is 9.23 Å². The van der Waals surface area contributed by atoms with Crippen LogP contribution in [0.5, 0.6) is 0 Å². The molecule has 0 bridgehead atoms. The Balaban J connectivity index is 3.66. The maximum atomic E-state index is 4.95. The van der Waals surface area contributed by atoms with Crippen molar-refractivity contribution in [2.45, 2.75) is 52.4 Å². The Bertz CT molecular complexity index is 110. The highest BCUT2D eigenvalue weighted by atomic mass is 16.5. The third-order valence-corrected chi connectivity index (χ3v) is 2.34. The van der Waals surface area contributed by atoms with Gasteiger partial charge in [0.15, 0.2) is 0 Å². The number of ether oxygens (including phenoxy) is 1. The molecule has 0 aromatic carbocycles. The quantitative estimate of drug-likeness (QED) is 0.515. The first kappa shape index (κ1) is 12.5. The van der Waals surface area contributed by atoms with Gasteiger partial charge in [0.1, 0.15) is 0 Å². The molecule has 0 aliphatic heterocycles. The van der Waals surface area contributed by atoms with Gasteiger partial charge in [0.25, 0.3) is 0 Å². The highest BCUT2D eigenvalue weighted by molar-refractivity contribution is 4.82. The molecule has 0 unspecified atom stereocenters. The lowest BCUT2D eigenvalue weighted by Crippen LogP contribution is -1.96. The molecule has 0 atom stereocenters. The largest absolute Gasteiger partial charge is 0.505 e. The van der Waals surface area contributed by atoms with Crippen molar-refractivity contribution in [2.24, 2.45) is 5.92 Å². The van der Waals surface area contributed by atoms with E-state index in [1.165, 1.54) is 38.5 Å². The smallest absolute Gasteiger partial charge is 0.0787 e. The van der Waals surface area contributed by atoms with Crippen molar-refractivity contribution in [1.82, 2.24) is 0 Å². The fourth-order valence-corrected chi connectivity index (χ4v) is 1.46. The van der Waals surface area contributed by atoms with Gasteiger partial charge in [-0.25, -0.2) is 0 Å². The van der Waals surface area contributed by atoms with E-state index >= 15 is 0 Å². The minimum absolute atomic E-state index is 0.736. The zero-order valence-electron chi connectivity index (χ0n) is 9.38. The third kappa shape index (κ3) is 7.89. The van der Waals surface area contributed by atoms with E-state index in [-0.39, 0.29) is 0 Å². The zero-order valence-corrected chi connectivity index (χ0v) is 9.38. The number of rotatable bonds is 8. The van der Waals surface area contributed by atoms with Crippen LogP contribution in [-0.2, 0) is 4.74 Å². The molecule has 0 amide bonds. The van der Waals surface area contributed by atoms with Crippen molar-refractivity contribution in [3.63, 3.8) is 0 Å².